The first kappa shape index (κ1) is 12.7. The van der Waals surface area contributed by atoms with Crippen LogP contribution in [0, 0.1) is 5.92 Å². The molecule has 0 fully saturated rings. The average Bonchev–Trinajstić information content (AvgIpc) is 2.66. The van der Waals surface area contributed by atoms with Crippen molar-refractivity contribution < 1.29 is 5.11 Å². The highest BCUT2D eigenvalue weighted by molar-refractivity contribution is 7.10. The van der Waals surface area contributed by atoms with Gasteiger partial charge >= 0.3 is 0 Å². The highest BCUT2D eigenvalue weighted by atomic mass is 32.1. The maximum absolute atomic E-state index is 10.1. The van der Waals surface area contributed by atoms with Crippen molar-refractivity contribution in [3.63, 3.8) is 0 Å². The van der Waals surface area contributed by atoms with Crippen molar-refractivity contribution in [2.24, 2.45) is 5.92 Å². The first-order valence-electron chi connectivity index (χ1n) is 5.42. The van der Waals surface area contributed by atoms with Gasteiger partial charge in [-0.1, -0.05) is 19.9 Å². The molecule has 1 aromatic heterocycles. The second kappa shape index (κ2) is 5.10. The van der Waals surface area contributed by atoms with Crippen LogP contribution >= 0.6 is 11.3 Å². The molecule has 0 aromatic carbocycles. The molecule has 2 nitrogen and oxygen atoms in total. The Hall–Kier alpha value is -0.380. The summed E-state index contributed by atoms with van der Waals surface area (Å²) in [6, 6.07) is 4.49. The van der Waals surface area contributed by atoms with Gasteiger partial charge in [0.05, 0.1) is 5.60 Å². The SMILES string of the molecule is CC(NCC(C)(O)C(C)C)c1cccs1. The number of aliphatic hydroxyl groups is 1. The number of rotatable bonds is 5. The summed E-state index contributed by atoms with van der Waals surface area (Å²) < 4.78 is 0. The van der Waals surface area contributed by atoms with E-state index < -0.39 is 5.60 Å². The zero-order chi connectivity index (χ0) is 11.5. The zero-order valence-corrected chi connectivity index (χ0v) is 10.8. The molecule has 0 amide bonds. The van der Waals surface area contributed by atoms with Gasteiger partial charge in [-0.2, -0.15) is 0 Å². The lowest BCUT2D eigenvalue weighted by Crippen LogP contribution is -2.42. The molecule has 0 radical (unpaired) electrons. The number of hydrogen-bond donors (Lipinski definition) is 2. The molecule has 1 aromatic rings. The van der Waals surface area contributed by atoms with Gasteiger partial charge in [0.2, 0.25) is 0 Å². The smallest absolute Gasteiger partial charge is 0.0766 e. The van der Waals surface area contributed by atoms with Crippen molar-refractivity contribution in [1.29, 1.82) is 0 Å². The van der Waals surface area contributed by atoms with Crippen LogP contribution < -0.4 is 5.32 Å². The molecular weight excluding hydrogens is 206 g/mol. The highest BCUT2D eigenvalue weighted by Gasteiger charge is 2.25. The molecule has 3 heteroatoms. The molecule has 2 unspecified atom stereocenters. The van der Waals surface area contributed by atoms with Crippen LogP contribution in [0.3, 0.4) is 0 Å². The Labute approximate surface area is 96.3 Å². The van der Waals surface area contributed by atoms with Crippen LogP contribution in [-0.2, 0) is 0 Å². The van der Waals surface area contributed by atoms with Gasteiger partial charge in [-0.25, -0.2) is 0 Å². The van der Waals surface area contributed by atoms with Crippen molar-refractivity contribution in [2.75, 3.05) is 6.54 Å². The summed E-state index contributed by atoms with van der Waals surface area (Å²) in [4.78, 5) is 1.31. The van der Waals surface area contributed by atoms with Gasteiger partial charge in [0.25, 0.3) is 0 Å². The van der Waals surface area contributed by atoms with Crippen molar-refractivity contribution in [1.82, 2.24) is 5.32 Å². The summed E-state index contributed by atoms with van der Waals surface area (Å²) in [7, 11) is 0. The van der Waals surface area contributed by atoms with E-state index in [1.165, 1.54) is 4.88 Å². The Bertz CT molecular complexity index is 280. The van der Waals surface area contributed by atoms with Crippen molar-refractivity contribution in [3.05, 3.63) is 22.4 Å². The van der Waals surface area contributed by atoms with Crippen LogP contribution in [-0.4, -0.2) is 17.3 Å². The van der Waals surface area contributed by atoms with Gasteiger partial charge in [0, 0.05) is 17.5 Å². The van der Waals surface area contributed by atoms with Gasteiger partial charge in [-0.15, -0.1) is 11.3 Å². The molecule has 0 saturated heterocycles. The minimum Gasteiger partial charge on any atom is -0.389 e. The van der Waals surface area contributed by atoms with Crippen LogP contribution in [0.25, 0.3) is 0 Å². The minimum absolute atomic E-state index is 0.264. The molecule has 15 heavy (non-hydrogen) atoms. The highest BCUT2D eigenvalue weighted by Crippen LogP contribution is 2.20. The van der Waals surface area contributed by atoms with Crippen LogP contribution in [0.15, 0.2) is 17.5 Å². The maximum atomic E-state index is 10.1. The molecule has 2 atom stereocenters. The zero-order valence-electron chi connectivity index (χ0n) is 9.95. The summed E-state index contributed by atoms with van der Waals surface area (Å²) >= 11 is 1.75. The first-order chi connectivity index (χ1) is 6.93. The van der Waals surface area contributed by atoms with Crippen LogP contribution in [0.2, 0.25) is 0 Å². The fourth-order valence-electron chi connectivity index (χ4n) is 1.20. The molecular formula is C12H21NOS. The molecule has 0 aliphatic heterocycles. The van der Waals surface area contributed by atoms with E-state index in [-0.39, 0.29) is 5.92 Å². The van der Waals surface area contributed by atoms with E-state index in [0.717, 1.165) is 0 Å². The van der Waals surface area contributed by atoms with Gasteiger partial charge in [-0.05, 0) is 31.2 Å². The second-order valence-corrected chi connectivity index (χ2v) is 5.61. The third-order valence-electron chi connectivity index (χ3n) is 2.98. The van der Waals surface area contributed by atoms with E-state index in [1.807, 2.05) is 20.8 Å². The summed E-state index contributed by atoms with van der Waals surface area (Å²) in [5, 5.41) is 15.5. The van der Waals surface area contributed by atoms with Gasteiger partial charge < -0.3 is 10.4 Å². The molecule has 2 N–H and O–H groups in total. The van der Waals surface area contributed by atoms with E-state index in [2.05, 4.69) is 29.8 Å². The summed E-state index contributed by atoms with van der Waals surface area (Å²) in [5.41, 5.74) is -0.633. The quantitative estimate of drug-likeness (QED) is 0.810. The molecule has 0 bridgehead atoms. The molecule has 0 aliphatic carbocycles. The Morgan fingerprint density at radius 3 is 2.60 bits per heavy atom. The molecule has 0 spiro atoms. The summed E-state index contributed by atoms with van der Waals surface area (Å²) in [6.45, 7) is 8.72. The normalized spacial score (nSPS) is 17.7. The molecule has 1 heterocycles. The van der Waals surface area contributed by atoms with Gasteiger partial charge in [-0.3, -0.25) is 0 Å². The van der Waals surface area contributed by atoms with Crippen LogP contribution in [0.5, 0.6) is 0 Å². The lowest BCUT2D eigenvalue weighted by Gasteiger charge is -2.29. The van der Waals surface area contributed by atoms with Crippen molar-refractivity contribution in [2.45, 2.75) is 39.3 Å². The topological polar surface area (TPSA) is 32.3 Å². The fraction of sp³-hybridized carbons (Fsp3) is 0.667. The van der Waals surface area contributed by atoms with Crippen LogP contribution in [0.4, 0.5) is 0 Å². The first-order valence-corrected chi connectivity index (χ1v) is 6.30. The lowest BCUT2D eigenvalue weighted by atomic mass is 9.92. The lowest BCUT2D eigenvalue weighted by molar-refractivity contribution is 0.0123. The van der Waals surface area contributed by atoms with E-state index in [0.29, 0.717) is 12.6 Å². The summed E-state index contributed by atoms with van der Waals surface area (Å²) in [6.07, 6.45) is 0. The Morgan fingerprint density at radius 2 is 2.13 bits per heavy atom. The van der Waals surface area contributed by atoms with Crippen molar-refractivity contribution >= 4 is 11.3 Å². The Morgan fingerprint density at radius 1 is 1.47 bits per heavy atom. The van der Waals surface area contributed by atoms with E-state index >= 15 is 0 Å². The van der Waals surface area contributed by atoms with E-state index in [9.17, 15) is 5.11 Å². The Kier molecular flexibility index (Phi) is 4.32. The summed E-state index contributed by atoms with van der Waals surface area (Å²) in [5.74, 6) is 0.264. The second-order valence-electron chi connectivity index (χ2n) is 4.63. The molecule has 0 saturated carbocycles. The van der Waals surface area contributed by atoms with Gasteiger partial charge in [0.1, 0.15) is 0 Å². The third-order valence-corrected chi connectivity index (χ3v) is 4.03. The molecule has 1 rings (SSSR count). The third kappa shape index (κ3) is 3.59. The maximum Gasteiger partial charge on any atom is 0.0766 e. The predicted octanol–water partition coefficient (Wildman–Crippen LogP) is 2.81. The monoisotopic (exact) mass is 227 g/mol. The fourth-order valence-corrected chi connectivity index (χ4v) is 1.96. The van der Waals surface area contributed by atoms with Crippen molar-refractivity contribution in [3.8, 4) is 0 Å². The molecule has 86 valence electrons. The standard InChI is InChI=1S/C12H21NOS/c1-9(2)12(4,14)8-13-10(3)11-6-5-7-15-11/h5-7,9-10,13-14H,8H2,1-4H3. The average molecular weight is 227 g/mol. The van der Waals surface area contributed by atoms with Crippen LogP contribution in [0.1, 0.15) is 38.6 Å². The van der Waals surface area contributed by atoms with Gasteiger partial charge in [0.15, 0.2) is 0 Å². The van der Waals surface area contributed by atoms with E-state index in [1.54, 1.807) is 11.3 Å². The Balaban J connectivity index is 2.44. The number of nitrogens with one attached hydrogen (secondary N) is 1. The largest absolute Gasteiger partial charge is 0.389 e. The number of hydrogen-bond acceptors (Lipinski definition) is 3. The minimum atomic E-state index is -0.633. The van der Waals surface area contributed by atoms with E-state index in [4.69, 9.17) is 0 Å². The molecule has 0 aliphatic rings. The number of thiophene rings is 1. The predicted molar refractivity (Wildman–Crippen MR) is 66.2 cm³/mol.